The van der Waals surface area contributed by atoms with E-state index in [1.165, 1.54) is 5.56 Å². The van der Waals surface area contributed by atoms with Crippen molar-refractivity contribution in [3.8, 4) is 0 Å². The van der Waals surface area contributed by atoms with Crippen LogP contribution >= 0.6 is 0 Å². The number of amides is 2. The van der Waals surface area contributed by atoms with Gasteiger partial charge in [-0.15, -0.1) is 0 Å². The number of rotatable bonds is 3. The van der Waals surface area contributed by atoms with Crippen LogP contribution in [0.15, 0.2) is 30.3 Å². The van der Waals surface area contributed by atoms with Gasteiger partial charge in [0.1, 0.15) is 0 Å². The topological polar surface area (TPSA) is 40.6 Å². The van der Waals surface area contributed by atoms with Gasteiger partial charge in [-0.05, 0) is 43.6 Å². The van der Waals surface area contributed by atoms with Crippen LogP contribution in [0.2, 0.25) is 0 Å². The summed E-state index contributed by atoms with van der Waals surface area (Å²) in [5, 5.41) is 0. The summed E-state index contributed by atoms with van der Waals surface area (Å²) >= 11 is 0. The SMILES string of the molecule is O=C([C@H]1CCC(=O)N(C2CC2)C1)N1CCC(c2ccccc2)CC1. The number of nitrogens with zero attached hydrogens (tertiary/aromatic N) is 2. The van der Waals surface area contributed by atoms with Gasteiger partial charge in [-0.3, -0.25) is 9.59 Å². The van der Waals surface area contributed by atoms with Gasteiger partial charge in [0.25, 0.3) is 0 Å². The zero-order valence-electron chi connectivity index (χ0n) is 14.2. The lowest BCUT2D eigenvalue weighted by molar-refractivity contribution is -0.144. The highest BCUT2D eigenvalue weighted by molar-refractivity contribution is 5.84. The van der Waals surface area contributed by atoms with E-state index in [0.29, 0.717) is 24.9 Å². The minimum atomic E-state index is 0.0246. The fourth-order valence-electron chi connectivity index (χ4n) is 4.23. The second kappa shape index (κ2) is 6.58. The van der Waals surface area contributed by atoms with Crippen LogP contribution in [0.4, 0.5) is 0 Å². The van der Waals surface area contributed by atoms with Crippen LogP contribution in [0, 0.1) is 5.92 Å². The summed E-state index contributed by atoms with van der Waals surface area (Å²) in [7, 11) is 0. The third-order valence-corrected chi connectivity index (χ3v) is 5.86. The van der Waals surface area contributed by atoms with Crippen molar-refractivity contribution in [3.63, 3.8) is 0 Å². The molecule has 1 saturated carbocycles. The number of likely N-dealkylation sites (tertiary alicyclic amines) is 2. The van der Waals surface area contributed by atoms with Crippen molar-refractivity contribution in [2.75, 3.05) is 19.6 Å². The Morgan fingerprint density at radius 2 is 1.67 bits per heavy atom. The fourth-order valence-corrected chi connectivity index (χ4v) is 4.23. The summed E-state index contributed by atoms with van der Waals surface area (Å²) in [5.74, 6) is 1.13. The number of piperidine rings is 2. The molecule has 1 aromatic carbocycles. The van der Waals surface area contributed by atoms with E-state index in [1.54, 1.807) is 0 Å². The summed E-state index contributed by atoms with van der Waals surface area (Å²) in [6, 6.07) is 11.1. The lowest BCUT2D eigenvalue weighted by Gasteiger charge is -2.38. The number of carbonyl (C=O) groups is 2. The summed E-state index contributed by atoms with van der Waals surface area (Å²) in [6.45, 7) is 2.36. The molecule has 1 aliphatic carbocycles. The molecule has 2 heterocycles. The smallest absolute Gasteiger partial charge is 0.227 e. The first-order valence-electron chi connectivity index (χ1n) is 9.35. The van der Waals surface area contributed by atoms with E-state index in [2.05, 4.69) is 30.3 Å². The number of benzene rings is 1. The van der Waals surface area contributed by atoms with Crippen molar-refractivity contribution in [2.45, 2.75) is 50.5 Å². The molecule has 2 amide bonds. The van der Waals surface area contributed by atoms with Crippen LogP contribution in [-0.2, 0) is 9.59 Å². The molecule has 0 aromatic heterocycles. The van der Waals surface area contributed by atoms with Gasteiger partial charge in [0.05, 0.1) is 5.92 Å². The molecule has 0 radical (unpaired) electrons. The number of carbonyl (C=O) groups excluding carboxylic acids is 2. The summed E-state index contributed by atoms with van der Waals surface area (Å²) in [4.78, 5) is 28.9. The van der Waals surface area contributed by atoms with E-state index in [-0.39, 0.29) is 17.7 Å². The minimum absolute atomic E-state index is 0.0246. The van der Waals surface area contributed by atoms with E-state index in [4.69, 9.17) is 0 Å². The summed E-state index contributed by atoms with van der Waals surface area (Å²) < 4.78 is 0. The molecule has 0 spiro atoms. The van der Waals surface area contributed by atoms with Gasteiger partial charge in [-0.25, -0.2) is 0 Å². The monoisotopic (exact) mass is 326 g/mol. The zero-order valence-corrected chi connectivity index (χ0v) is 14.2. The van der Waals surface area contributed by atoms with Gasteiger partial charge in [0.2, 0.25) is 11.8 Å². The fraction of sp³-hybridized carbons (Fsp3) is 0.600. The van der Waals surface area contributed by atoms with E-state index in [1.807, 2.05) is 9.80 Å². The first-order valence-corrected chi connectivity index (χ1v) is 9.35. The molecule has 24 heavy (non-hydrogen) atoms. The van der Waals surface area contributed by atoms with Gasteiger partial charge < -0.3 is 9.80 Å². The van der Waals surface area contributed by atoms with Crippen molar-refractivity contribution < 1.29 is 9.59 Å². The van der Waals surface area contributed by atoms with Crippen molar-refractivity contribution in [3.05, 3.63) is 35.9 Å². The van der Waals surface area contributed by atoms with Crippen LogP contribution in [0.1, 0.15) is 50.0 Å². The zero-order chi connectivity index (χ0) is 16.5. The van der Waals surface area contributed by atoms with Crippen molar-refractivity contribution >= 4 is 11.8 Å². The molecule has 0 N–H and O–H groups in total. The molecule has 1 aromatic rings. The van der Waals surface area contributed by atoms with Crippen LogP contribution in [0.3, 0.4) is 0 Å². The van der Waals surface area contributed by atoms with Crippen LogP contribution in [0.25, 0.3) is 0 Å². The maximum atomic E-state index is 12.9. The predicted octanol–water partition coefficient (Wildman–Crippen LogP) is 2.79. The Balaban J connectivity index is 1.33. The first kappa shape index (κ1) is 15.7. The maximum absolute atomic E-state index is 12.9. The van der Waals surface area contributed by atoms with Gasteiger partial charge >= 0.3 is 0 Å². The molecule has 3 aliphatic rings. The lowest BCUT2D eigenvalue weighted by atomic mass is 9.88. The normalized spacial score (nSPS) is 25.8. The standard InChI is InChI=1S/C20H26N2O2/c23-19-9-6-17(14-22(19)18-7-8-18)20(24)21-12-10-16(11-13-21)15-4-2-1-3-5-15/h1-5,16-18H,6-14H2/t17-/m0/s1. The first-order chi connectivity index (χ1) is 11.7. The van der Waals surface area contributed by atoms with E-state index in [9.17, 15) is 9.59 Å². The third kappa shape index (κ3) is 3.19. The van der Waals surface area contributed by atoms with E-state index < -0.39 is 0 Å². The summed E-state index contributed by atoms with van der Waals surface area (Å²) in [6.07, 6.45) is 5.62. The Hall–Kier alpha value is -1.84. The molecule has 4 heteroatoms. The lowest BCUT2D eigenvalue weighted by Crippen LogP contribution is -2.49. The Morgan fingerprint density at radius 3 is 2.33 bits per heavy atom. The van der Waals surface area contributed by atoms with Gasteiger partial charge in [-0.2, -0.15) is 0 Å². The largest absolute Gasteiger partial charge is 0.342 e. The molecule has 2 aliphatic heterocycles. The van der Waals surface area contributed by atoms with Crippen LogP contribution in [-0.4, -0.2) is 47.3 Å². The Morgan fingerprint density at radius 1 is 0.958 bits per heavy atom. The number of hydrogen-bond donors (Lipinski definition) is 0. The average molecular weight is 326 g/mol. The molecule has 3 fully saturated rings. The van der Waals surface area contributed by atoms with Crippen molar-refractivity contribution in [1.82, 2.24) is 9.80 Å². The van der Waals surface area contributed by atoms with Gasteiger partial charge in [0, 0.05) is 32.1 Å². The Labute approximate surface area is 143 Å². The molecule has 0 unspecified atom stereocenters. The third-order valence-electron chi connectivity index (χ3n) is 5.86. The van der Waals surface area contributed by atoms with Crippen LogP contribution < -0.4 is 0 Å². The Kier molecular flexibility index (Phi) is 4.30. The second-order valence-electron chi connectivity index (χ2n) is 7.52. The maximum Gasteiger partial charge on any atom is 0.227 e. The molecule has 2 saturated heterocycles. The quantitative estimate of drug-likeness (QED) is 0.857. The summed E-state index contributed by atoms with van der Waals surface area (Å²) in [5.41, 5.74) is 1.40. The Bertz CT molecular complexity index is 603. The van der Waals surface area contributed by atoms with Gasteiger partial charge in [0.15, 0.2) is 0 Å². The van der Waals surface area contributed by atoms with Crippen LogP contribution in [0.5, 0.6) is 0 Å². The molecule has 1 atom stereocenters. The molecule has 0 bridgehead atoms. The highest BCUT2D eigenvalue weighted by Gasteiger charge is 2.40. The molecule has 128 valence electrons. The highest BCUT2D eigenvalue weighted by Crippen LogP contribution is 2.33. The average Bonchev–Trinajstić information content (AvgIpc) is 3.47. The van der Waals surface area contributed by atoms with E-state index >= 15 is 0 Å². The number of hydrogen-bond acceptors (Lipinski definition) is 2. The van der Waals surface area contributed by atoms with E-state index in [0.717, 1.165) is 45.2 Å². The highest BCUT2D eigenvalue weighted by atomic mass is 16.2. The minimum Gasteiger partial charge on any atom is -0.342 e. The molecule has 4 nitrogen and oxygen atoms in total. The van der Waals surface area contributed by atoms with Gasteiger partial charge in [-0.1, -0.05) is 30.3 Å². The second-order valence-corrected chi connectivity index (χ2v) is 7.52. The van der Waals surface area contributed by atoms with Crippen molar-refractivity contribution in [2.24, 2.45) is 5.92 Å². The molecular weight excluding hydrogens is 300 g/mol. The molecular formula is C20H26N2O2. The molecule has 4 rings (SSSR count). The predicted molar refractivity (Wildman–Crippen MR) is 92.5 cm³/mol. The van der Waals surface area contributed by atoms with Crippen molar-refractivity contribution in [1.29, 1.82) is 0 Å².